The molecule has 0 amide bonds. The van der Waals surface area contributed by atoms with Gasteiger partial charge in [-0.15, -0.1) is 0 Å². The number of benzene rings is 1. The normalized spacial score (nSPS) is 9.81. The highest BCUT2D eigenvalue weighted by atomic mass is 16.5. The summed E-state index contributed by atoms with van der Waals surface area (Å²) in [4.78, 5) is 21.3. The molecule has 0 radical (unpaired) electrons. The minimum absolute atomic E-state index is 0.125. The maximum Gasteiger partial charge on any atom is 0.310 e. The SMILES string of the molecule is Cc1cccc(OCCC(=O)CC(=O)O)c1. The number of ketones is 1. The van der Waals surface area contributed by atoms with E-state index in [0.29, 0.717) is 5.75 Å². The van der Waals surface area contributed by atoms with Crippen LogP contribution in [-0.2, 0) is 9.59 Å². The Bertz CT molecular complexity index is 384. The summed E-state index contributed by atoms with van der Waals surface area (Å²) < 4.78 is 5.33. The Kier molecular flexibility index (Phi) is 4.51. The van der Waals surface area contributed by atoms with Crippen LogP contribution >= 0.6 is 0 Å². The number of aryl methyl sites for hydroxylation is 1. The van der Waals surface area contributed by atoms with Crippen LogP contribution in [0.1, 0.15) is 18.4 Å². The van der Waals surface area contributed by atoms with Gasteiger partial charge in [0.25, 0.3) is 0 Å². The van der Waals surface area contributed by atoms with Crippen LogP contribution in [0.5, 0.6) is 5.75 Å². The fourth-order valence-electron chi connectivity index (χ4n) is 1.24. The van der Waals surface area contributed by atoms with E-state index in [9.17, 15) is 9.59 Å². The maximum atomic E-state index is 11.0. The number of aliphatic carboxylic acids is 1. The van der Waals surface area contributed by atoms with Crippen molar-refractivity contribution in [3.05, 3.63) is 29.8 Å². The van der Waals surface area contributed by atoms with Crippen LogP contribution in [0.2, 0.25) is 0 Å². The zero-order valence-electron chi connectivity index (χ0n) is 9.10. The molecule has 4 heteroatoms. The first-order valence-electron chi connectivity index (χ1n) is 5.01. The second-order valence-electron chi connectivity index (χ2n) is 3.52. The molecule has 0 saturated heterocycles. The molecule has 1 aromatic carbocycles. The molecule has 86 valence electrons. The van der Waals surface area contributed by atoms with Crippen molar-refractivity contribution in [1.82, 2.24) is 0 Å². The van der Waals surface area contributed by atoms with Gasteiger partial charge in [0.15, 0.2) is 0 Å². The topological polar surface area (TPSA) is 63.6 Å². The third kappa shape index (κ3) is 4.59. The quantitative estimate of drug-likeness (QED) is 0.745. The van der Waals surface area contributed by atoms with E-state index < -0.39 is 12.4 Å². The average molecular weight is 222 g/mol. The molecule has 0 fully saturated rings. The Morgan fingerprint density at radius 3 is 2.75 bits per heavy atom. The second kappa shape index (κ2) is 5.90. The second-order valence-corrected chi connectivity index (χ2v) is 3.52. The summed E-state index contributed by atoms with van der Waals surface area (Å²) in [5, 5.41) is 8.37. The van der Waals surface area contributed by atoms with Crippen LogP contribution in [0.3, 0.4) is 0 Å². The lowest BCUT2D eigenvalue weighted by atomic mass is 10.2. The average Bonchev–Trinajstić information content (AvgIpc) is 2.16. The Morgan fingerprint density at radius 2 is 2.12 bits per heavy atom. The molecule has 0 aliphatic heterocycles. The number of carboxylic acids is 1. The largest absolute Gasteiger partial charge is 0.493 e. The van der Waals surface area contributed by atoms with E-state index in [2.05, 4.69) is 0 Å². The third-order valence-electron chi connectivity index (χ3n) is 1.99. The molecule has 1 N–H and O–H groups in total. The molecule has 1 aromatic rings. The molecule has 0 atom stereocenters. The van der Waals surface area contributed by atoms with Gasteiger partial charge in [-0.25, -0.2) is 0 Å². The number of carbonyl (C=O) groups excluding carboxylic acids is 1. The van der Waals surface area contributed by atoms with Gasteiger partial charge in [-0.3, -0.25) is 9.59 Å². The monoisotopic (exact) mass is 222 g/mol. The van der Waals surface area contributed by atoms with Crippen LogP contribution in [0, 0.1) is 6.92 Å². The Balaban J connectivity index is 2.30. The van der Waals surface area contributed by atoms with Crippen molar-refractivity contribution in [3.63, 3.8) is 0 Å². The van der Waals surface area contributed by atoms with Gasteiger partial charge in [0.05, 0.1) is 6.61 Å². The van der Waals surface area contributed by atoms with Gasteiger partial charge in [-0.05, 0) is 24.6 Å². The maximum absolute atomic E-state index is 11.0. The molecule has 0 spiro atoms. The lowest BCUT2D eigenvalue weighted by Gasteiger charge is -2.05. The molecule has 0 bridgehead atoms. The van der Waals surface area contributed by atoms with Gasteiger partial charge in [0.1, 0.15) is 18.0 Å². The van der Waals surface area contributed by atoms with Crippen molar-refractivity contribution in [2.24, 2.45) is 0 Å². The van der Waals surface area contributed by atoms with E-state index in [1.165, 1.54) is 0 Å². The molecular formula is C12H14O4. The predicted molar refractivity (Wildman–Crippen MR) is 58.6 cm³/mol. The molecule has 0 aliphatic rings. The Labute approximate surface area is 93.9 Å². The van der Waals surface area contributed by atoms with Gasteiger partial charge in [-0.2, -0.15) is 0 Å². The number of Topliss-reactive ketones (excluding diaryl/α,β-unsaturated/α-hetero) is 1. The van der Waals surface area contributed by atoms with E-state index in [4.69, 9.17) is 9.84 Å². The van der Waals surface area contributed by atoms with Crippen molar-refractivity contribution in [2.45, 2.75) is 19.8 Å². The first-order chi connectivity index (χ1) is 7.58. The molecule has 0 aliphatic carbocycles. The zero-order chi connectivity index (χ0) is 12.0. The smallest absolute Gasteiger partial charge is 0.310 e. The predicted octanol–water partition coefficient (Wildman–Crippen LogP) is 1.81. The van der Waals surface area contributed by atoms with E-state index >= 15 is 0 Å². The van der Waals surface area contributed by atoms with Crippen molar-refractivity contribution in [1.29, 1.82) is 0 Å². The standard InChI is InChI=1S/C12H14O4/c1-9-3-2-4-11(7-9)16-6-5-10(13)8-12(14)15/h2-4,7H,5-6,8H2,1H3,(H,14,15). The highest BCUT2D eigenvalue weighted by molar-refractivity contribution is 5.94. The highest BCUT2D eigenvalue weighted by Crippen LogP contribution is 2.12. The first-order valence-corrected chi connectivity index (χ1v) is 5.01. The van der Waals surface area contributed by atoms with Crippen molar-refractivity contribution >= 4 is 11.8 Å². The number of carbonyl (C=O) groups is 2. The molecule has 1 rings (SSSR count). The summed E-state index contributed by atoms with van der Waals surface area (Å²) in [7, 11) is 0. The van der Waals surface area contributed by atoms with Crippen LogP contribution in [0.25, 0.3) is 0 Å². The highest BCUT2D eigenvalue weighted by Gasteiger charge is 2.07. The summed E-state index contributed by atoms with van der Waals surface area (Å²) in [5.41, 5.74) is 1.08. The fourth-order valence-corrected chi connectivity index (χ4v) is 1.24. The first kappa shape index (κ1) is 12.2. The number of hydrogen-bond acceptors (Lipinski definition) is 3. The number of ether oxygens (including phenoxy) is 1. The zero-order valence-corrected chi connectivity index (χ0v) is 9.10. The van der Waals surface area contributed by atoms with E-state index in [1.54, 1.807) is 6.07 Å². The van der Waals surface area contributed by atoms with Crippen molar-refractivity contribution in [2.75, 3.05) is 6.61 Å². The van der Waals surface area contributed by atoms with E-state index in [0.717, 1.165) is 5.56 Å². The molecule has 0 aromatic heterocycles. The number of rotatable bonds is 6. The van der Waals surface area contributed by atoms with Gasteiger partial charge in [0.2, 0.25) is 0 Å². The fraction of sp³-hybridized carbons (Fsp3) is 0.333. The molecule has 0 unspecified atom stereocenters. The minimum atomic E-state index is -1.10. The third-order valence-corrected chi connectivity index (χ3v) is 1.99. The van der Waals surface area contributed by atoms with Gasteiger partial charge < -0.3 is 9.84 Å². The number of carboxylic acid groups (broad SMARTS) is 1. The Morgan fingerprint density at radius 1 is 1.38 bits per heavy atom. The molecule has 0 heterocycles. The lowest BCUT2D eigenvalue weighted by Crippen LogP contribution is -2.10. The summed E-state index contributed by atoms with van der Waals surface area (Å²) in [6.07, 6.45) is -0.308. The van der Waals surface area contributed by atoms with Crippen molar-refractivity contribution < 1.29 is 19.4 Å². The van der Waals surface area contributed by atoms with Crippen LogP contribution in [-0.4, -0.2) is 23.5 Å². The number of hydrogen-bond donors (Lipinski definition) is 1. The summed E-state index contributed by atoms with van der Waals surface area (Å²) in [6, 6.07) is 7.47. The molecule has 16 heavy (non-hydrogen) atoms. The van der Waals surface area contributed by atoms with Gasteiger partial charge in [-0.1, -0.05) is 12.1 Å². The summed E-state index contributed by atoms with van der Waals surface area (Å²) in [6.45, 7) is 2.16. The van der Waals surface area contributed by atoms with Gasteiger partial charge in [0, 0.05) is 6.42 Å². The van der Waals surface area contributed by atoms with Crippen LogP contribution in [0.4, 0.5) is 0 Å². The molecule has 0 saturated carbocycles. The van der Waals surface area contributed by atoms with Crippen LogP contribution in [0.15, 0.2) is 24.3 Å². The van der Waals surface area contributed by atoms with E-state index in [1.807, 2.05) is 25.1 Å². The van der Waals surface area contributed by atoms with Crippen molar-refractivity contribution in [3.8, 4) is 5.75 Å². The summed E-state index contributed by atoms with van der Waals surface area (Å²) >= 11 is 0. The lowest BCUT2D eigenvalue weighted by molar-refractivity contribution is -0.140. The molecular weight excluding hydrogens is 208 g/mol. The van der Waals surface area contributed by atoms with Gasteiger partial charge >= 0.3 is 5.97 Å². The van der Waals surface area contributed by atoms with E-state index in [-0.39, 0.29) is 18.8 Å². The van der Waals surface area contributed by atoms with Crippen LogP contribution < -0.4 is 4.74 Å². The molecule has 4 nitrogen and oxygen atoms in total. The minimum Gasteiger partial charge on any atom is -0.493 e. The summed E-state index contributed by atoms with van der Waals surface area (Å²) in [5.74, 6) is -0.719. The Hall–Kier alpha value is -1.84.